The van der Waals surface area contributed by atoms with Crippen LogP contribution in [0.2, 0.25) is 5.28 Å². The summed E-state index contributed by atoms with van der Waals surface area (Å²) < 4.78 is 5.44. The van der Waals surface area contributed by atoms with Crippen LogP contribution in [0.1, 0.15) is 18.7 Å². The van der Waals surface area contributed by atoms with E-state index in [1.807, 2.05) is 0 Å². The van der Waals surface area contributed by atoms with Gasteiger partial charge in [-0.2, -0.15) is 9.97 Å². The summed E-state index contributed by atoms with van der Waals surface area (Å²) in [5.74, 6) is 2.38. The first-order chi connectivity index (χ1) is 10.3. The molecule has 2 N–H and O–H groups in total. The minimum atomic E-state index is 0.128. The van der Waals surface area contributed by atoms with Gasteiger partial charge < -0.3 is 19.7 Å². The van der Waals surface area contributed by atoms with Crippen molar-refractivity contribution in [2.45, 2.75) is 25.5 Å². The van der Waals surface area contributed by atoms with E-state index in [2.05, 4.69) is 24.8 Å². The van der Waals surface area contributed by atoms with Crippen LogP contribution >= 0.6 is 11.6 Å². The molecule has 2 unspecified atom stereocenters. The van der Waals surface area contributed by atoms with Crippen LogP contribution < -0.4 is 4.90 Å². The molecule has 1 saturated carbocycles. The highest BCUT2D eigenvalue weighted by Gasteiger charge is 2.53. The Morgan fingerprint density at radius 2 is 2.29 bits per heavy atom. The van der Waals surface area contributed by atoms with E-state index < -0.39 is 0 Å². The molecule has 1 aliphatic heterocycles. The molecule has 2 fully saturated rings. The van der Waals surface area contributed by atoms with Gasteiger partial charge in [0.15, 0.2) is 11.5 Å². The molecule has 2 aliphatic rings. The quantitative estimate of drug-likeness (QED) is 0.614. The van der Waals surface area contributed by atoms with Crippen LogP contribution in [-0.4, -0.2) is 50.8 Å². The zero-order chi connectivity index (χ0) is 14.4. The van der Waals surface area contributed by atoms with Crippen molar-refractivity contribution < 1.29 is 9.84 Å². The first-order valence-electron chi connectivity index (χ1n) is 7.13. The lowest BCUT2D eigenvalue weighted by molar-refractivity contribution is 0.100. The monoisotopic (exact) mass is 309 g/mol. The highest BCUT2D eigenvalue weighted by Crippen LogP contribution is 2.49. The molecule has 8 heteroatoms. The molecular formula is C13H16ClN5O2. The zero-order valence-electron chi connectivity index (χ0n) is 11.4. The molecule has 7 nitrogen and oxygen atoms in total. The van der Waals surface area contributed by atoms with Gasteiger partial charge in [0.2, 0.25) is 5.28 Å². The molecule has 1 saturated heterocycles. The Bertz CT molecular complexity index is 676. The van der Waals surface area contributed by atoms with Crippen molar-refractivity contribution in [3.05, 3.63) is 11.1 Å². The SMILES string of the molecule is OCCCOCc1nc2nc(Cl)nc(N3CC4CC43)c2[nH]1. The van der Waals surface area contributed by atoms with E-state index in [-0.39, 0.29) is 11.9 Å². The third-order valence-corrected chi connectivity index (χ3v) is 4.20. The molecule has 112 valence electrons. The Labute approximate surface area is 126 Å². The van der Waals surface area contributed by atoms with E-state index in [0.717, 1.165) is 23.8 Å². The number of nitrogens with one attached hydrogen (secondary N) is 1. The molecule has 0 amide bonds. The number of anilines is 1. The fraction of sp³-hybridized carbons (Fsp3) is 0.615. The van der Waals surface area contributed by atoms with Gasteiger partial charge in [0.25, 0.3) is 0 Å². The second-order valence-corrected chi connectivity index (χ2v) is 5.88. The molecule has 0 spiro atoms. The van der Waals surface area contributed by atoms with Gasteiger partial charge in [-0.05, 0) is 30.4 Å². The third kappa shape index (κ3) is 2.35. The molecule has 0 radical (unpaired) electrons. The van der Waals surface area contributed by atoms with Crippen molar-refractivity contribution in [3.8, 4) is 0 Å². The van der Waals surface area contributed by atoms with Crippen LogP contribution in [0, 0.1) is 5.92 Å². The van der Waals surface area contributed by atoms with E-state index in [1.165, 1.54) is 6.42 Å². The number of H-pyrrole nitrogens is 1. The molecule has 0 aromatic carbocycles. The molecule has 21 heavy (non-hydrogen) atoms. The van der Waals surface area contributed by atoms with E-state index in [0.29, 0.717) is 37.1 Å². The molecule has 2 atom stereocenters. The summed E-state index contributed by atoms with van der Waals surface area (Å²) in [6, 6.07) is 0.617. The third-order valence-electron chi connectivity index (χ3n) is 4.03. The van der Waals surface area contributed by atoms with Crippen molar-refractivity contribution in [1.29, 1.82) is 0 Å². The maximum atomic E-state index is 8.73. The Kier molecular flexibility index (Phi) is 3.20. The fourth-order valence-electron chi connectivity index (χ4n) is 2.82. The number of imidazole rings is 1. The molecule has 4 rings (SSSR count). The van der Waals surface area contributed by atoms with Crippen LogP contribution in [0.15, 0.2) is 0 Å². The van der Waals surface area contributed by atoms with Crippen molar-refractivity contribution in [2.24, 2.45) is 5.92 Å². The van der Waals surface area contributed by atoms with Crippen LogP contribution in [0.25, 0.3) is 11.2 Å². The molecular weight excluding hydrogens is 294 g/mol. The normalized spacial score (nSPS) is 23.2. The number of halogens is 1. The van der Waals surface area contributed by atoms with E-state index in [1.54, 1.807) is 0 Å². The van der Waals surface area contributed by atoms with Gasteiger partial charge in [0.1, 0.15) is 17.9 Å². The minimum absolute atomic E-state index is 0.128. The molecule has 2 aromatic rings. The Hall–Kier alpha value is -1.44. The van der Waals surface area contributed by atoms with Crippen LogP contribution in [0.5, 0.6) is 0 Å². The summed E-state index contributed by atoms with van der Waals surface area (Å²) in [5, 5.41) is 8.95. The second kappa shape index (κ2) is 5.08. The van der Waals surface area contributed by atoms with Gasteiger partial charge in [-0.3, -0.25) is 0 Å². The van der Waals surface area contributed by atoms with Gasteiger partial charge in [0, 0.05) is 25.8 Å². The maximum Gasteiger partial charge on any atom is 0.226 e. The highest BCUT2D eigenvalue weighted by molar-refractivity contribution is 6.28. The number of aliphatic hydroxyl groups excluding tert-OH is 1. The van der Waals surface area contributed by atoms with Crippen LogP contribution in [0.3, 0.4) is 0 Å². The number of aromatic amines is 1. The smallest absolute Gasteiger partial charge is 0.226 e. The molecule has 0 bridgehead atoms. The first-order valence-corrected chi connectivity index (χ1v) is 7.51. The van der Waals surface area contributed by atoms with Crippen molar-refractivity contribution >= 4 is 28.6 Å². The van der Waals surface area contributed by atoms with E-state index in [4.69, 9.17) is 21.4 Å². The van der Waals surface area contributed by atoms with Gasteiger partial charge in [-0.1, -0.05) is 0 Å². The van der Waals surface area contributed by atoms with Gasteiger partial charge in [0.05, 0.1) is 0 Å². The Morgan fingerprint density at radius 1 is 1.38 bits per heavy atom. The Balaban J connectivity index is 1.58. The predicted octanol–water partition coefficient (Wildman–Crippen LogP) is 1.11. The summed E-state index contributed by atoms with van der Waals surface area (Å²) in [5.41, 5.74) is 1.40. The second-order valence-electron chi connectivity index (χ2n) is 5.54. The summed E-state index contributed by atoms with van der Waals surface area (Å²) in [7, 11) is 0. The van der Waals surface area contributed by atoms with Crippen molar-refractivity contribution in [3.63, 3.8) is 0 Å². The maximum absolute atomic E-state index is 8.73. The molecule has 1 aliphatic carbocycles. The van der Waals surface area contributed by atoms with E-state index >= 15 is 0 Å². The van der Waals surface area contributed by atoms with E-state index in [9.17, 15) is 0 Å². The lowest BCUT2D eigenvalue weighted by Crippen LogP contribution is -2.40. The number of aliphatic hydroxyl groups is 1. The summed E-state index contributed by atoms with van der Waals surface area (Å²) in [6.45, 7) is 2.03. The zero-order valence-corrected chi connectivity index (χ0v) is 12.2. The standard InChI is InChI=1S/C13H16ClN5O2/c14-13-17-11-10(12(18-13)19-5-7-4-8(7)19)15-9(16-11)6-21-3-1-2-20/h7-8,20H,1-6H2,(H,15,16,17,18). The minimum Gasteiger partial charge on any atom is -0.396 e. The molecule has 2 aromatic heterocycles. The number of ether oxygens (including phenoxy) is 1. The largest absolute Gasteiger partial charge is 0.396 e. The number of hydrogen-bond acceptors (Lipinski definition) is 6. The average Bonchev–Trinajstić information content (AvgIpc) is 2.91. The highest BCUT2D eigenvalue weighted by atomic mass is 35.5. The number of rotatable bonds is 6. The predicted molar refractivity (Wildman–Crippen MR) is 77.3 cm³/mol. The van der Waals surface area contributed by atoms with Gasteiger partial charge >= 0.3 is 0 Å². The summed E-state index contributed by atoms with van der Waals surface area (Å²) in [4.78, 5) is 18.4. The fourth-order valence-corrected chi connectivity index (χ4v) is 2.98. The summed E-state index contributed by atoms with van der Waals surface area (Å²) >= 11 is 6.00. The number of nitrogens with zero attached hydrogens (tertiary/aromatic N) is 4. The van der Waals surface area contributed by atoms with Gasteiger partial charge in [-0.15, -0.1) is 0 Å². The topological polar surface area (TPSA) is 87.2 Å². The lowest BCUT2D eigenvalue weighted by Gasteiger charge is -2.31. The molecule has 3 heterocycles. The van der Waals surface area contributed by atoms with Crippen LogP contribution in [-0.2, 0) is 11.3 Å². The van der Waals surface area contributed by atoms with Crippen molar-refractivity contribution in [2.75, 3.05) is 24.7 Å². The average molecular weight is 310 g/mol. The van der Waals surface area contributed by atoms with Crippen LogP contribution in [0.4, 0.5) is 5.82 Å². The number of hydrogen-bond donors (Lipinski definition) is 2. The number of fused-ring (bicyclic) bond motifs is 2. The number of aromatic nitrogens is 4. The summed E-state index contributed by atoms with van der Waals surface area (Å²) in [6.07, 6.45) is 1.86. The van der Waals surface area contributed by atoms with Gasteiger partial charge in [-0.25, -0.2) is 4.98 Å². The lowest BCUT2D eigenvalue weighted by atomic mass is 10.2. The first kappa shape index (κ1) is 13.2. The van der Waals surface area contributed by atoms with Crippen molar-refractivity contribution in [1.82, 2.24) is 19.9 Å². The Morgan fingerprint density at radius 3 is 3.00 bits per heavy atom.